The van der Waals surface area contributed by atoms with Crippen LogP contribution >= 0.6 is 34.8 Å². The van der Waals surface area contributed by atoms with Crippen molar-refractivity contribution in [3.8, 4) is 0 Å². The molecule has 1 fully saturated rings. The van der Waals surface area contributed by atoms with Crippen molar-refractivity contribution >= 4 is 40.5 Å². The maximum atomic E-state index is 14.1. The Labute approximate surface area is 171 Å². The molecule has 0 aromatic heterocycles. The summed E-state index contributed by atoms with van der Waals surface area (Å²) in [6.07, 6.45) is -9.63. The number of hydrogen-bond acceptors (Lipinski definition) is 1. The Hall–Kier alpha value is -1.31. The maximum absolute atomic E-state index is 14.1. The van der Waals surface area contributed by atoms with E-state index < -0.39 is 29.9 Å². The fourth-order valence-electron chi connectivity index (χ4n) is 3.37. The second-order valence-corrected chi connectivity index (χ2v) is 7.75. The molecule has 0 amide bonds. The fraction of sp³-hybridized carbons (Fsp3) is 0.333. The van der Waals surface area contributed by atoms with Crippen molar-refractivity contribution in [1.29, 1.82) is 0 Å². The normalized spacial score (nSPS) is 20.7. The molecule has 0 aliphatic carbocycles. The number of hydrogen-bond donors (Lipinski definition) is 0. The number of benzene rings is 2. The Morgan fingerprint density at radius 3 is 2.04 bits per heavy atom. The van der Waals surface area contributed by atoms with Crippen LogP contribution in [0.15, 0.2) is 36.4 Å². The fourth-order valence-corrected chi connectivity index (χ4v) is 3.97. The van der Waals surface area contributed by atoms with Crippen molar-refractivity contribution in [1.82, 2.24) is 0 Å². The van der Waals surface area contributed by atoms with Crippen molar-refractivity contribution in [2.24, 2.45) is 0 Å². The number of halogens is 9. The van der Waals surface area contributed by atoms with Gasteiger partial charge in [0, 0.05) is 18.8 Å². The molecule has 1 saturated heterocycles. The van der Waals surface area contributed by atoms with Crippen LogP contribution in [0, 0.1) is 0 Å². The Morgan fingerprint density at radius 1 is 0.893 bits per heavy atom. The average Bonchev–Trinajstić information content (AvgIpc) is 3.05. The van der Waals surface area contributed by atoms with Gasteiger partial charge in [-0.25, -0.2) is 0 Å². The van der Waals surface area contributed by atoms with Crippen molar-refractivity contribution in [2.75, 3.05) is 18.0 Å². The molecule has 1 nitrogen and oxygen atoms in total. The van der Waals surface area contributed by atoms with Gasteiger partial charge in [-0.1, -0.05) is 40.9 Å². The third-order valence-electron chi connectivity index (χ3n) is 4.89. The van der Waals surface area contributed by atoms with Gasteiger partial charge in [-0.2, -0.15) is 26.3 Å². The minimum absolute atomic E-state index is 0.0582. The van der Waals surface area contributed by atoms with E-state index in [1.807, 2.05) is 0 Å². The van der Waals surface area contributed by atoms with E-state index in [-0.39, 0.29) is 39.3 Å². The summed E-state index contributed by atoms with van der Waals surface area (Å²) in [5.41, 5.74) is -3.37. The van der Waals surface area contributed by atoms with Crippen LogP contribution < -0.4 is 4.90 Å². The lowest BCUT2D eigenvalue weighted by Gasteiger charge is -2.33. The van der Waals surface area contributed by atoms with Crippen LogP contribution in [0.1, 0.15) is 17.5 Å². The van der Waals surface area contributed by atoms with Crippen LogP contribution in [-0.2, 0) is 11.6 Å². The Balaban J connectivity index is 2.03. The Kier molecular flexibility index (Phi) is 5.49. The van der Waals surface area contributed by atoms with Crippen LogP contribution in [0.25, 0.3) is 0 Å². The van der Waals surface area contributed by atoms with Crippen LogP contribution in [0.4, 0.5) is 32.0 Å². The van der Waals surface area contributed by atoms with Crippen LogP contribution in [0.5, 0.6) is 0 Å². The monoisotopic (exact) mass is 461 g/mol. The van der Waals surface area contributed by atoms with E-state index in [0.29, 0.717) is 0 Å². The lowest BCUT2D eigenvalue weighted by atomic mass is 9.79. The maximum Gasteiger partial charge on any atom is 0.416 e. The number of rotatable bonds is 2. The van der Waals surface area contributed by atoms with Gasteiger partial charge in [0.1, 0.15) is 5.41 Å². The summed E-state index contributed by atoms with van der Waals surface area (Å²) in [7, 11) is 0. The van der Waals surface area contributed by atoms with Gasteiger partial charge < -0.3 is 4.90 Å². The first-order chi connectivity index (χ1) is 12.8. The van der Waals surface area contributed by atoms with Gasteiger partial charge >= 0.3 is 12.4 Å². The molecule has 1 unspecified atom stereocenters. The largest absolute Gasteiger partial charge is 0.416 e. The lowest BCUT2D eigenvalue weighted by Crippen LogP contribution is -2.45. The number of nitrogens with zero attached hydrogens (tertiary/aromatic N) is 1. The topological polar surface area (TPSA) is 3.24 Å². The van der Waals surface area contributed by atoms with Crippen molar-refractivity contribution < 1.29 is 26.3 Å². The molecule has 10 heteroatoms. The molecule has 1 heterocycles. The van der Waals surface area contributed by atoms with E-state index in [4.69, 9.17) is 34.8 Å². The summed E-state index contributed by atoms with van der Waals surface area (Å²) < 4.78 is 81.1. The highest BCUT2D eigenvalue weighted by Crippen LogP contribution is 2.50. The molecule has 1 aliphatic rings. The average molecular weight is 463 g/mol. The third-order valence-corrected chi connectivity index (χ3v) is 6.08. The standard InChI is InChI=1S/C18H12Cl3F6N/c19-13-7-11(8-14(20)15(13)21)16(18(25,26)27)4-5-28(9-16)12-3-1-2-10(6-12)17(22,23)24/h1-3,6-8H,4-5,9H2. The molecule has 0 spiro atoms. The molecule has 152 valence electrons. The Morgan fingerprint density at radius 2 is 1.50 bits per heavy atom. The van der Waals surface area contributed by atoms with Gasteiger partial charge in [0.15, 0.2) is 0 Å². The van der Waals surface area contributed by atoms with E-state index in [1.165, 1.54) is 17.0 Å². The zero-order valence-electron chi connectivity index (χ0n) is 13.9. The smallest absolute Gasteiger partial charge is 0.370 e. The van der Waals surface area contributed by atoms with Crippen molar-refractivity contribution in [3.05, 3.63) is 62.6 Å². The van der Waals surface area contributed by atoms with Crippen molar-refractivity contribution in [2.45, 2.75) is 24.2 Å². The van der Waals surface area contributed by atoms with Crippen LogP contribution in [-0.4, -0.2) is 19.3 Å². The Bertz CT molecular complexity index is 873. The minimum atomic E-state index is -4.68. The quantitative estimate of drug-likeness (QED) is 0.332. The molecule has 0 bridgehead atoms. The second kappa shape index (κ2) is 7.18. The van der Waals surface area contributed by atoms with Gasteiger partial charge in [0.2, 0.25) is 0 Å². The van der Waals surface area contributed by atoms with E-state index in [2.05, 4.69) is 0 Å². The summed E-state index contributed by atoms with van der Waals surface area (Å²) >= 11 is 17.7. The summed E-state index contributed by atoms with van der Waals surface area (Å²) in [6, 6.07) is 6.45. The van der Waals surface area contributed by atoms with Gasteiger partial charge in [-0.3, -0.25) is 0 Å². The molecular formula is C18H12Cl3F6N. The first-order valence-electron chi connectivity index (χ1n) is 7.99. The first kappa shape index (κ1) is 21.4. The van der Waals surface area contributed by atoms with Gasteiger partial charge in [0.05, 0.1) is 20.6 Å². The SMILES string of the molecule is FC(F)(F)c1cccc(N2CCC(c3cc(Cl)c(Cl)c(Cl)c3)(C(F)(F)F)C2)c1. The van der Waals surface area contributed by atoms with Gasteiger partial charge in [0.25, 0.3) is 0 Å². The molecular weight excluding hydrogens is 451 g/mol. The van der Waals surface area contributed by atoms with Crippen LogP contribution in [0.3, 0.4) is 0 Å². The van der Waals surface area contributed by atoms with E-state index in [1.54, 1.807) is 0 Å². The predicted octanol–water partition coefficient (Wildman–Crippen LogP) is 7.38. The molecule has 0 radical (unpaired) electrons. The molecule has 0 saturated carbocycles. The van der Waals surface area contributed by atoms with E-state index >= 15 is 0 Å². The van der Waals surface area contributed by atoms with Crippen LogP contribution in [0.2, 0.25) is 15.1 Å². The van der Waals surface area contributed by atoms with E-state index in [9.17, 15) is 26.3 Å². The molecule has 3 rings (SSSR count). The molecule has 1 atom stereocenters. The summed E-state index contributed by atoms with van der Waals surface area (Å²) in [6.45, 7) is -0.648. The van der Waals surface area contributed by atoms with Gasteiger partial charge in [-0.15, -0.1) is 0 Å². The molecule has 2 aromatic carbocycles. The van der Waals surface area contributed by atoms with E-state index in [0.717, 1.165) is 24.3 Å². The second-order valence-electron chi connectivity index (χ2n) is 6.55. The highest BCUT2D eigenvalue weighted by Gasteiger charge is 2.59. The van der Waals surface area contributed by atoms with Gasteiger partial charge in [-0.05, 0) is 42.3 Å². The molecule has 0 N–H and O–H groups in total. The summed E-state index contributed by atoms with van der Waals surface area (Å²) in [5.74, 6) is 0. The first-order valence-corrected chi connectivity index (χ1v) is 9.12. The highest BCUT2D eigenvalue weighted by molar-refractivity contribution is 6.48. The minimum Gasteiger partial charge on any atom is -0.370 e. The molecule has 2 aromatic rings. The third kappa shape index (κ3) is 3.76. The highest BCUT2D eigenvalue weighted by atomic mass is 35.5. The summed E-state index contributed by atoms with van der Waals surface area (Å²) in [4.78, 5) is 1.28. The predicted molar refractivity (Wildman–Crippen MR) is 97.5 cm³/mol. The summed E-state index contributed by atoms with van der Waals surface area (Å²) in [5, 5.41) is -0.298. The zero-order chi connectivity index (χ0) is 20.9. The van der Waals surface area contributed by atoms with Crippen molar-refractivity contribution in [3.63, 3.8) is 0 Å². The molecule has 1 aliphatic heterocycles. The number of alkyl halides is 6. The number of anilines is 1. The lowest BCUT2D eigenvalue weighted by molar-refractivity contribution is -0.184. The molecule has 28 heavy (non-hydrogen) atoms. The zero-order valence-corrected chi connectivity index (χ0v) is 16.2.